The number of hydrogen-bond donors (Lipinski definition) is 1. The van der Waals surface area contributed by atoms with Crippen LogP contribution >= 0.6 is 12.2 Å². The van der Waals surface area contributed by atoms with Crippen LogP contribution < -0.4 is 15.8 Å². The highest BCUT2D eigenvalue weighted by Crippen LogP contribution is 2.40. The predicted molar refractivity (Wildman–Crippen MR) is 112 cm³/mol. The summed E-state index contributed by atoms with van der Waals surface area (Å²) in [7, 11) is 8.70. The van der Waals surface area contributed by atoms with Crippen molar-refractivity contribution >= 4 is 29.7 Å². The lowest BCUT2D eigenvalue weighted by Gasteiger charge is -2.31. The number of anilines is 2. The van der Waals surface area contributed by atoms with Crippen LogP contribution in [0.5, 0.6) is 0 Å². The fourth-order valence-corrected chi connectivity index (χ4v) is 3.74. The Bertz CT molecular complexity index is 1090. The van der Waals surface area contributed by atoms with E-state index < -0.39 is 11.9 Å². The van der Waals surface area contributed by atoms with Crippen LogP contribution in [0, 0.1) is 4.77 Å². The van der Waals surface area contributed by atoms with Gasteiger partial charge in [0.05, 0.1) is 24.2 Å². The van der Waals surface area contributed by atoms with E-state index in [1.165, 1.54) is 11.7 Å². The topological polar surface area (TPSA) is 68.5 Å². The van der Waals surface area contributed by atoms with Crippen molar-refractivity contribution in [3.63, 3.8) is 0 Å². The fraction of sp³-hybridized carbons (Fsp3) is 0.350. The van der Waals surface area contributed by atoms with Crippen LogP contribution in [0.2, 0.25) is 0 Å². The Morgan fingerprint density at radius 3 is 2.32 bits per heavy atom. The fourth-order valence-electron chi connectivity index (χ4n) is 3.57. The summed E-state index contributed by atoms with van der Waals surface area (Å²) in [6.45, 7) is 1.80. The van der Waals surface area contributed by atoms with E-state index in [1.807, 2.05) is 43.3 Å². The maximum atomic E-state index is 13.2. The maximum Gasteiger partial charge on any atom is 0.336 e. The van der Waals surface area contributed by atoms with Crippen molar-refractivity contribution in [2.45, 2.75) is 12.8 Å². The second-order valence-corrected chi connectivity index (χ2v) is 7.41. The minimum Gasteiger partial charge on any atom is -0.466 e. The Labute approximate surface area is 168 Å². The number of benzene rings is 1. The van der Waals surface area contributed by atoms with Crippen LogP contribution in [0.25, 0.3) is 0 Å². The molecule has 28 heavy (non-hydrogen) atoms. The number of nitrogens with one attached hydrogen (secondary N) is 1. The molecule has 1 aliphatic rings. The van der Waals surface area contributed by atoms with Gasteiger partial charge >= 0.3 is 5.97 Å². The van der Waals surface area contributed by atoms with Crippen molar-refractivity contribution in [3.8, 4) is 0 Å². The van der Waals surface area contributed by atoms with E-state index in [0.717, 1.165) is 11.3 Å². The van der Waals surface area contributed by atoms with Gasteiger partial charge in [-0.15, -0.1) is 0 Å². The molecule has 1 unspecified atom stereocenters. The highest BCUT2D eigenvalue weighted by Gasteiger charge is 2.36. The Morgan fingerprint density at radius 1 is 1.18 bits per heavy atom. The average Bonchev–Trinajstić information content (AvgIpc) is 2.69. The van der Waals surface area contributed by atoms with E-state index in [1.54, 1.807) is 25.6 Å². The molecule has 148 valence electrons. The Balaban J connectivity index is 2.35. The zero-order valence-corrected chi connectivity index (χ0v) is 17.7. The average molecular weight is 401 g/mol. The number of carbonyl (C=O) groups excluding carboxylic acids is 1. The van der Waals surface area contributed by atoms with Gasteiger partial charge in [0, 0.05) is 39.6 Å². The molecule has 2 aromatic rings. The van der Waals surface area contributed by atoms with Crippen LogP contribution in [-0.4, -0.2) is 36.3 Å². The quantitative estimate of drug-likeness (QED) is 0.631. The number of ether oxygens (including phenoxy) is 1. The monoisotopic (exact) mass is 400 g/mol. The van der Waals surface area contributed by atoms with Gasteiger partial charge < -0.3 is 19.5 Å². The molecule has 0 saturated heterocycles. The second-order valence-electron chi connectivity index (χ2n) is 7.04. The molecule has 3 rings (SSSR count). The molecule has 0 fully saturated rings. The van der Waals surface area contributed by atoms with Crippen molar-refractivity contribution in [1.82, 2.24) is 9.13 Å². The summed E-state index contributed by atoms with van der Waals surface area (Å²) in [6, 6.07) is 7.80. The summed E-state index contributed by atoms with van der Waals surface area (Å²) in [4.78, 5) is 27.8. The SMILES string of the molecule is COC(=O)C1=C(C)Nc2c(c(=O)n(C)c(=S)n2C)C1c1ccc(N(C)C)cc1. The van der Waals surface area contributed by atoms with E-state index in [2.05, 4.69) is 5.32 Å². The first-order valence-electron chi connectivity index (χ1n) is 8.82. The lowest BCUT2D eigenvalue weighted by molar-refractivity contribution is -0.136. The van der Waals surface area contributed by atoms with Crippen molar-refractivity contribution in [2.24, 2.45) is 14.1 Å². The van der Waals surface area contributed by atoms with Crippen molar-refractivity contribution < 1.29 is 9.53 Å². The van der Waals surface area contributed by atoms with Gasteiger partial charge in [0.25, 0.3) is 5.56 Å². The number of carbonyl (C=O) groups is 1. The molecule has 1 atom stereocenters. The number of esters is 1. The molecular formula is C20H24N4O3S. The lowest BCUT2D eigenvalue weighted by Crippen LogP contribution is -2.35. The number of allylic oxidation sites excluding steroid dienone is 1. The molecule has 8 heteroatoms. The summed E-state index contributed by atoms with van der Waals surface area (Å²) < 4.78 is 8.61. The molecule has 7 nitrogen and oxygen atoms in total. The number of methoxy groups -OCH3 is 1. The molecule has 0 radical (unpaired) electrons. The second kappa shape index (κ2) is 7.27. The van der Waals surface area contributed by atoms with Gasteiger partial charge in [-0.2, -0.15) is 0 Å². The van der Waals surface area contributed by atoms with Gasteiger partial charge in [0.15, 0.2) is 4.77 Å². The van der Waals surface area contributed by atoms with E-state index in [9.17, 15) is 9.59 Å². The highest BCUT2D eigenvalue weighted by molar-refractivity contribution is 7.71. The van der Waals surface area contributed by atoms with E-state index >= 15 is 0 Å². The summed E-state index contributed by atoms with van der Waals surface area (Å²) in [5, 5.41) is 3.19. The molecule has 2 heterocycles. The van der Waals surface area contributed by atoms with Crippen LogP contribution in [0.15, 0.2) is 40.3 Å². The molecular weight excluding hydrogens is 376 g/mol. The van der Waals surface area contributed by atoms with Crippen LogP contribution in [0.4, 0.5) is 11.5 Å². The van der Waals surface area contributed by atoms with Crippen LogP contribution in [-0.2, 0) is 23.6 Å². The number of fused-ring (bicyclic) bond motifs is 1. The van der Waals surface area contributed by atoms with Crippen molar-refractivity contribution in [3.05, 3.63) is 61.8 Å². The van der Waals surface area contributed by atoms with Gasteiger partial charge in [-0.05, 0) is 36.8 Å². The van der Waals surface area contributed by atoms with E-state index in [0.29, 0.717) is 27.4 Å². The molecule has 0 saturated carbocycles. The first kappa shape index (κ1) is 19.9. The summed E-state index contributed by atoms with van der Waals surface area (Å²) in [5.41, 5.74) is 3.16. The van der Waals surface area contributed by atoms with Crippen molar-refractivity contribution in [1.29, 1.82) is 0 Å². The Morgan fingerprint density at radius 2 is 1.79 bits per heavy atom. The van der Waals surface area contributed by atoms with Gasteiger partial charge in [0.2, 0.25) is 0 Å². The number of aromatic nitrogens is 2. The Kier molecular flexibility index (Phi) is 5.16. The third kappa shape index (κ3) is 3.03. The third-order valence-electron chi connectivity index (χ3n) is 5.13. The molecule has 0 amide bonds. The predicted octanol–water partition coefficient (Wildman–Crippen LogP) is 2.52. The van der Waals surface area contributed by atoms with Crippen molar-refractivity contribution in [2.75, 3.05) is 31.4 Å². The molecule has 1 aromatic heterocycles. The minimum absolute atomic E-state index is 0.235. The van der Waals surface area contributed by atoms with E-state index in [4.69, 9.17) is 17.0 Å². The molecule has 1 aliphatic heterocycles. The molecule has 1 N–H and O–H groups in total. The lowest BCUT2D eigenvalue weighted by atomic mass is 9.82. The van der Waals surface area contributed by atoms with Crippen LogP contribution in [0.3, 0.4) is 0 Å². The highest BCUT2D eigenvalue weighted by atomic mass is 32.1. The molecule has 0 spiro atoms. The molecule has 1 aromatic carbocycles. The van der Waals surface area contributed by atoms with E-state index in [-0.39, 0.29) is 5.56 Å². The van der Waals surface area contributed by atoms with Gasteiger partial charge in [-0.25, -0.2) is 4.79 Å². The normalized spacial score (nSPS) is 15.7. The van der Waals surface area contributed by atoms with Gasteiger partial charge in [-0.3, -0.25) is 9.36 Å². The minimum atomic E-state index is -0.555. The Hall–Kier alpha value is -2.87. The summed E-state index contributed by atoms with van der Waals surface area (Å²) >= 11 is 5.38. The molecule has 0 bridgehead atoms. The zero-order valence-electron chi connectivity index (χ0n) is 16.9. The third-order valence-corrected chi connectivity index (χ3v) is 5.68. The van der Waals surface area contributed by atoms with Crippen LogP contribution in [0.1, 0.15) is 24.0 Å². The maximum absolute atomic E-state index is 13.2. The zero-order chi connectivity index (χ0) is 20.7. The van der Waals surface area contributed by atoms with Gasteiger partial charge in [0.1, 0.15) is 5.82 Å². The first-order chi connectivity index (χ1) is 13.2. The first-order valence-corrected chi connectivity index (χ1v) is 9.23. The number of rotatable bonds is 3. The number of nitrogens with zero attached hydrogens (tertiary/aromatic N) is 3. The smallest absolute Gasteiger partial charge is 0.336 e. The number of hydrogen-bond acceptors (Lipinski definition) is 6. The molecule has 0 aliphatic carbocycles. The van der Waals surface area contributed by atoms with Gasteiger partial charge in [-0.1, -0.05) is 12.1 Å². The summed E-state index contributed by atoms with van der Waals surface area (Å²) in [5.74, 6) is -0.426. The largest absolute Gasteiger partial charge is 0.466 e. The summed E-state index contributed by atoms with van der Waals surface area (Å²) in [6.07, 6.45) is 0. The standard InChI is InChI=1S/C20H24N4O3S/c1-11-14(19(26)27-6)15(12-7-9-13(10-8-12)22(2)3)16-17(21-11)23(4)20(28)24(5)18(16)25/h7-10,15,21H,1-6H3.